The second-order valence-corrected chi connectivity index (χ2v) is 8.48. The van der Waals surface area contributed by atoms with Gasteiger partial charge in [0.15, 0.2) is 0 Å². The van der Waals surface area contributed by atoms with Gasteiger partial charge in [0, 0.05) is 0 Å². The summed E-state index contributed by atoms with van der Waals surface area (Å²) in [6.07, 6.45) is 16.5. The molecule has 0 aliphatic heterocycles. The molecule has 1 heteroatoms. The molecule has 0 spiro atoms. The van der Waals surface area contributed by atoms with Crippen molar-refractivity contribution in [2.75, 3.05) is 0 Å². The van der Waals surface area contributed by atoms with Crippen molar-refractivity contribution in [3.63, 3.8) is 0 Å². The van der Waals surface area contributed by atoms with Crippen LogP contribution in [0.1, 0.15) is 84.5 Å². The fraction of sp³-hybridized carbons (Fsp3) is 0.857. The van der Waals surface area contributed by atoms with E-state index in [9.17, 15) is 0 Å². The van der Waals surface area contributed by atoms with Crippen molar-refractivity contribution in [3.05, 3.63) is 11.1 Å². The predicted octanol–water partition coefficient (Wildman–Crippen LogP) is 5.93. The maximum Gasteiger partial charge on any atom is 0.106 e. The van der Waals surface area contributed by atoms with E-state index in [1.54, 1.807) is 12.8 Å². The third-order valence-corrected chi connectivity index (χ3v) is 7.98. The molecule has 0 radical (unpaired) electrons. The maximum absolute atomic E-state index is 8.00. The molecule has 1 nitrogen and oxygen atoms in total. The van der Waals surface area contributed by atoms with E-state index >= 15 is 0 Å². The first-order valence-corrected chi connectivity index (χ1v) is 9.73. The zero-order chi connectivity index (χ0) is 15.7. The summed E-state index contributed by atoms with van der Waals surface area (Å²) < 4.78 is 0. The number of carbonyl (C=O) groups excluding carboxylic acids is 1. The molecule has 0 N–H and O–H groups in total. The number of carbonyl (C=O) groups is 1. The van der Waals surface area contributed by atoms with Crippen LogP contribution >= 0.6 is 0 Å². The fourth-order valence-corrected chi connectivity index (χ4v) is 6.97. The van der Waals surface area contributed by atoms with Gasteiger partial charge in [0.1, 0.15) is 6.79 Å². The summed E-state index contributed by atoms with van der Waals surface area (Å²) in [5, 5.41) is 0. The third kappa shape index (κ3) is 2.39. The summed E-state index contributed by atoms with van der Waals surface area (Å²) in [6, 6.07) is 0. The summed E-state index contributed by atoms with van der Waals surface area (Å²) >= 11 is 0. The molecule has 0 bridgehead atoms. The van der Waals surface area contributed by atoms with Crippen LogP contribution in [0.2, 0.25) is 0 Å². The van der Waals surface area contributed by atoms with Gasteiger partial charge in [-0.2, -0.15) is 0 Å². The van der Waals surface area contributed by atoms with Crippen LogP contribution in [0.4, 0.5) is 0 Å². The second-order valence-electron chi connectivity index (χ2n) is 8.48. The number of hydrogen-bond acceptors (Lipinski definition) is 1. The molecule has 0 aromatic heterocycles. The Morgan fingerprint density at radius 2 is 1.82 bits per heavy atom. The van der Waals surface area contributed by atoms with Gasteiger partial charge in [-0.05, 0) is 93.3 Å². The molecule has 124 valence electrons. The van der Waals surface area contributed by atoms with Crippen molar-refractivity contribution in [2.45, 2.75) is 84.5 Å². The standard InChI is InChI=1S/C20H32.CH2O/c1-3-15-9-11-19-18-10-8-14-6-4-5-7-16(14)17(18)12-13-20(15,19)2;1-2/h15,17-19H,3-13H2,1-2H3;1H2/t15-,17?,18?,19?,20?;/m0./s1. The lowest BCUT2D eigenvalue weighted by Gasteiger charge is -2.52. The van der Waals surface area contributed by atoms with Gasteiger partial charge in [-0.1, -0.05) is 31.4 Å². The lowest BCUT2D eigenvalue weighted by atomic mass is 9.53. The van der Waals surface area contributed by atoms with E-state index < -0.39 is 0 Å². The van der Waals surface area contributed by atoms with Gasteiger partial charge in [0.2, 0.25) is 0 Å². The first-order valence-electron chi connectivity index (χ1n) is 9.73. The average molecular weight is 303 g/mol. The van der Waals surface area contributed by atoms with Crippen LogP contribution in [0.3, 0.4) is 0 Å². The number of allylic oxidation sites excluding steroid dienone is 2. The van der Waals surface area contributed by atoms with E-state index in [0.717, 1.165) is 23.7 Å². The van der Waals surface area contributed by atoms with E-state index in [1.165, 1.54) is 57.8 Å². The van der Waals surface area contributed by atoms with Crippen LogP contribution < -0.4 is 0 Å². The quantitative estimate of drug-likeness (QED) is 0.548. The zero-order valence-electron chi connectivity index (χ0n) is 14.7. The monoisotopic (exact) mass is 302 g/mol. The minimum atomic E-state index is 0.711. The lowest BCUT2D eigenvalue weighted by molar-refractivity contribution is -0.0979. The summed E-state index contributed by atoms with van der Waals surface area (Å²) in [7, 11) is 0. The highest BCUT2D eigenvalue weighted by Gasteiger charge is 2.54. The van der Waals surface area contributed by atoms with Crippen molar-refractivity contribution in [3.8, 4) is 0 Å². The number of fused-ring (bicyclic) bond motifs is 4. The molecule has 0 aromatic carbocycles. The molecule has 22 heavy (non-hydrogen) atoms. The minimum absolute atomic E-state index is 0.711. The van der Waals surface area contributed by atoms with E-state index in [4.69, 9.17) is 4.79 Å². The summed E-state index contributed by atoms with van der Waals surface area (Å²) in [5.41, 5.74) is 4.61. The van der Waals surface area contributed by atoms with Gasteiger partial charge >= 0.3 is 0 Å². The van der Waals surface area contributed by atoms with Crippen molar-refractivity contribution >= 4 is 6.79 Å². The molecule has 0 heterocycles. The van der Waals surface area contributed by atoms with E-state index in [-0.39, 0.29) is 0 Å². The SMILES string of the molecule is C=O.CC[C@H]1CCC2C3CCC4=C(CCCC4)C3CCC21C. The molecular formula is C21H34O. The van der Waals surface area contributed by atoms with Crippen LogP contribution in [-0.2, 0) is 4.79 Å². The normalized spacial score (nSPS) is 43.5. The summed E-state index contributed by atoms with van der Waals surface area (Å²) in [6.45, 7) is 7.10. The van der Waals surface area contributed by atoms with E-state index in [0.29, 0.717) is 5.41 Å². The lowest BCUT2D eigenvalue weighted by Crippen LogP contribution is -2.43. The van der Waals surface area contributed by atoms with Gasteiger partial charge in [-0.3, -0.25) is 0 Å². The molecule has 4 unspecified atom stereocenters. The predicted molar refractivity (Wildman–Crippen MR) is 92.7 cm³/mol. The Hall–Kier alpha value is -0.590. The van der Waals surface area contributed by atoms with Gasteiger partial charge in [0.25, 0.3) is 0 Å². The van der Waals surface area contributed by atoms with Crippen LogP contribution in [0.15, 0.2) is 11.1 Å². The van der Waals surface area contributed by atoms with Crippen LogP contribution in [0.25, 0.3) is 0 Å². The summed E-state index contributed by atoms with van der Waals surface area (Å²) in [5.74, 6) is 4.20. The molecule has 4 aliphatic rings. The Morgan fingerprint density at radius 1 is 1.05 bits per heavy atom. The number of hydrogen-bond donors (Lipinski definition) is 0. The topological polar surface area (TPSA) is 17.1 Å². The maximum atomic E-state index is 8.00. The molecule has 4 aliphatic carbocycles. The average Bonchev–Trinajstić information content (AvgIpc) is 2.93. The van der Waals surface area contributed by atoms with E-state index in [1.807, 2.05) is 17.9 Å². The molecule has 2 fully saturated rings. The van der Waals surface area contributed by atoms with Gasteiger partial charge in [0.05, 0.1) is 0 Å². The minimum Gasteiger partial charge on any atom is -0.307 e. The van der Waals surface area contributed by atoms with Gasteiger partial charge in [-0.25, -0.2) is 0 Å². The largest absolute Gasteiger partial charge is 0.307 e. The van der Waals surface area contributed by atoms with Gasteiger partial charge < -0.3 is 4.79 Å². The smallest absolute Gasteiger partial charge is 0.106 e. The highest BCUT2D eigenvalue weighted by Crippen LogP contribution is 2.63. The molecule has 0 saturated heterocycles. The summed E-state index contributed by atoms with van der Waals surface area (Å²) in [4.78, 5) is 8.00. The number of rotatable bonds is 1. The Labute approximate surface area is 136 Å². The highest BCUT2D eigenvalue weighted by molar-refractivity contribution is 5.26. The Morgan fingerprint density at radius 3 is 2.59 bits per heavy atom. The molecule has 2 saturated carbocycles. The Balaban J connectivity index is 0.000000693. The van der Waals surface area contributed by atoms with Gasteiger partial charge in [-0.15, -0.1) is 0 Å². The fourth-order valence-electron chi connectivity index (χ4n) is 6.97. The molecule has 0 amide bonds. The van der Waals surface area contributed by atoms with E-state index in [2.05, 4.69) is 13.8 Å². The van der Waals surface area contributed by atoms with Crippen LogP contribution in [0, 0.1) is 29.1 Å². The Kier molecular flexibility index (Phi) is 4.80. The third-order valence-electron chi connectivity index (χ3n) is 7.98. The second kappa shape index (κ2) is 6.49. The van der Waals surface area contributed by atoms with Crippen LogP contribution in [-0.4, -0.2) is 6.79 Å². The van der Waals surface area contributed by atoms with Crippen molar-refractivity contribution < 1.29 is 4.79 Å². The molecular weight excluding hydrogens is 268 g/mol. The van der Waals surface area contributed by atoms with Crippen molar-refractivity contribution in [1.82, 2.24) is 0 Å². The van der Waals surface area contributed by atoms with Crippen molar-refractivity contribution in [2.24, 2.45) is 29.1 Å². The molecule has 4 rings (SSSR count). The first kappa shape index (κ1) is 16.3. The van der Waals surface area contributed by atoms with Crippen molar-refractivity contribution in [1.29, 1.82) is 0 Å². The molecule has 0 aromatic rings. The zero-order valence-corrected chi connectivity index (χ0v) is 14.7. The Bertz CT molecular complexity index is 437. The first-order chi connectivity index (χ1) is 10.7. The molecule has 5 atom stereocenters. The highest BCUT2D eigenvalue weighted by atomic mass is 16.1. The van der Waals surface area contributed by atoms with Crippen LogP contribution in [0.5, 0.6) is 0 Å².